The minimum atomic E-state index is -0.943. The molecule has 174 valence electrons. The maximum atomic E-state index is 14.0. The summed E-state index contributed by atoms with van der Waals surface area (Å²) < 4.78 is -1.23. The molecule has 0 aromatic heterocycles. The van der Waals surface area contributed by atoms with Crippen molar-refractivity contribution in [3.05, 3.63) is 12.7 Å². The van der Waals surface area contributed by atoms with Crippen molar-refractivity contribution in [3.63, 3.8) is 0 Å². The van der Waals surface area contributed by atoms with E-state index >= 15 is 0 Å². The van der Waals surface area contributed by atoms with Crippen molar-refractivity contribution >= 4 is 29.5 Å². The first-order valence-electron chi connectivity index (χ1n) is 11.2. The zero-order valence-corrected chi connectivity index (χ0v) is 19.9. The fourth-order valence-corrected chi connectivity index (χ4v) is 8.21. The van der Waals surface area contributed by atoms with Crippen LogP contribution in [-0.2, 0) is 14.4 Å². The average molecular weight is 453 g/mol. The van der Waals surface area contributed by atoms with Gasteiger partial charge in [0, 0.05) is 30.0 Å². The molecule has 0 aliphatic carbocycles. The number of aliphatic hydroxyl groups is 1. The molecule has 3 fully saturated rings. The number of rotatable bonds is 9. The van der Waals surface area contributed by atoms with Gasteiger partial charge in [-0.1, -0.05) is 6.08 Å². The van der Waals surface area contributed by atoms with Gasteiger partial charge < -0.3 is 20.0 Å². The standard InChI is InChI=1S/C23H36N2O5S/c1-6-12-25(21(2,3)4)19(28)17-23-11-10-22(5,31-23)16(20(29)30)15(23)18(27)24(17)13-8-7-9-14-26/h6,15-17,26H,1,7-14H2,2-5H3,(H,29,30)/t15-,16+,17?,22-,23?/m0/s1. The van der Waals surface area contributed by atoms with Gasteiger partial charge in [0.15, 0.2) is 0 Å². The van der Waals surface area contributed by atoms with Crippen LogP contribution in [0.4, 0.5) is 0 Å². The molecule has 2 amide bonds. The lowest BCUT2D eigenvalue weighted by atomic mass is 9.66. The first kappa shape index (κ1) is 24.1. The van der Waals surface area contributed by atoms with E-state index < -0.39 is 38.9 Å². The molecule has 3 aliphatic heterocycles. The molecule has 2 unspecified atom stereocenters. The van der Waals surface area contributed by atoms with Gasteiger partial charge in [0.25, 0.3) is 0 Å². The minimum Gasteiger partial charge on any atom is -0.481 e. The Hall–Kier alpha value is -1.54. The van der Waals surface area contributed by atoms with E-state index in [-0.39, 0.29) is 18.4 Å². The number of aliphatic hydroxyl groups excluding tert-OH is 1. The van der Waals surface area contributed by atoms with E-state index in [1.54, 1.807) is 27.6 Å². The summed E-state index contributed by atoms with van der Waals surface area (Å²) in [5, 5.41) is 19.1. The highest BCUT2D eigenvalue weighted by atomic mass is 32.2. The molecule has 3 heterocycles. The van der Waals surface area contributed by atoms with Gasteiger partial charge in [-0.2, -0.15) is 0 Å². The first-order chi connectivity index (χ1) is 14.4. The van der Waals surface area contributed by atoms with Crippen LogP contribution in [-0.4, -0.2) is 78.6 Å². The Balaban J connectivity index is 2.03. The van der Waals surface area contributed by atoms with Crippen LogP contribution in [0, 0.1) is 11.8 Å². The summed E-state index contributed by atoms with van der Waals surface area (Å²) in [4.78, 5) is 43.3. The van der Waals surface area contributed by atoms with Gasteiger partial charge in [0.1, 0.15) is 6.04 Å². The third-order valence-corrected chi connectivity index (χ3v) is 9.21. The van der Waals surface area contributed by atoms with Crippen molar-refractivity contribution < 1.29 is 24.6 Å². The number of fused-ring (bicyclic) bond motifs is 1. The Kier molecular flexibility index (Phi) is 6.55. The second-order valence-electron chi connectivity index (χ2n) is 10.3. The Morgan fingerprint density at radius 1 is 1.29 bits per heavy atom. The van der Waals surface area contributed by atoms with E-state index in [9.17, 15) is 19.5 Å². The lowest BCUT2D eigenvalue weighted by Gasteiger charge is -2.42. The smallest absolute Gasteiger partial charge is 0.308 e. The maximum Gasteiger partial charge on any atom is 0.308 e. The third kappa shape index (κ3) is 3.80. The number of nitrogens with zero attached hydrogens (tertiary/aromatic N) is 2. The van der Waals surface area contributed by atoms with Crippen LogP contribution in [0.2, 0.25) is 0 Å². The Morgan fingerprint density at radius 3 is 2.52 bits per heavy atom. The van der Waals surface area contributed by atoms with Gasteiger partial charge >= 0.3 is 5.97 Å². The SMILES string of the molecule is C=CCN(C(=O)C1N(CCCCCO)C(=O)[C@@H]2[C@H](C(=O)O)[C@]3(C)CCC12S3)C(C)(C)C. The van der Waals surface area contributed by atoms with Gasteiger partial charge in [0.05, 0.1) is 16.6 Å². The van der Waals surface area contributed by atoms with Crippen molar-refractivity contribution in [1.29, 1.82) is 0 Å². The Morgan fingerprint density at radius 2 is 1.97 bits per heavy atom. The fourth-order valence-electron chi connectivity index (χ4n) is 5.86. The molecule has 0 aromatic rings. The first-order valence-corrected chi connectivity index (χ1v) is 12.0. The normalized spacial score (nSPS) is 34.2. The van der Waals surface area contributed by atoms with E-state index in [1.807, 2.05) is 27.7 Å². The number of likely N-dealkylation sites (tertiary alicyclic amines) is 1. The van der Waals surface area contributed by atoms with Gasteiger partial charge in [-0.3, -0.25) is 14.4 Å². The molecule has 0 aromatic carbocycles. The second kappa shape index (κ2) is 8.43. The molecule has 3 rings (SSSR count). The van der Waals surface area contributed by atoms with Crippen LogP contribution in [0.15, 0.2) is 12.7 Å². The predicted octanol–water partition coefficient (Wildman–Crippen LogP) is 2.53. The van der Waals surface area contributed by atoms with Crippen LogP contribution < -0.4 is 0 Å². The topological polar surface area (TPSA) is 98.2 Å². The van der Waals surface area contributed by atoms with E-state index in [1.165, 1.54) is 0 Å². The van der Waals surface area contributed by atoms with Gasteiger partial charge in [-0.25, -0.2) is 0 Å². The number of amides is 2. The number of carbonyl (C=O) groups excluding carboxylic acids is 2. The Labute approximate surface area is 189 Å². The number of carboxylic acid groups (broad SMARTS) is 1. The van der Waals surface area contributed by atoms with E-state index in [0.717, 1.165) is 6.42 Å². The molecule has 2 N–H and O–H groups in total. The van der Waals surface area contributed by atoms with Crippen molar-refractivity contribution in [1.82, 2.24) is 9.80 Å². The second-order valence-corrected chi connectivity index (χ2v) is 12.2. The lowest BCUT2D eigenvalue weighted by Crippen LogP contribution is -2.58. The van der Waals surface area contributed by atoms with Crippen LogP contribution in [0.3, 0.4) is 0 Å². The minimum absolute atomic E-state index is 0.0926. The molecule has 5 atom stereocenters. The number of carbonyl (C=O) groups is 3. The summed E-state index contributed by atoms with van der Waals surface area (Å²) in [6, 6.07) is -0.672. The molecular formula is C23H36N2O5S. The van der Waals surface area contributed by atoms with Crippen molar-refractivity contribution in [2.45, 2.75) is 80.9 Å². The Bertz CT molecular complexity index is 766. The van der Waals surface area contributed by atoms with Gasteiger partial charge in [-0.15, -0.1) is 18.3 Å². The zero-order chi connectivity index (χ0) is 23.2. The quantitative estimate of drug-likeness (QED) is 0.412. The highest BCUT2D eigenvalue weighted by Gasteiger charge is 2.77. The molecule has 2 bridgehead atoms. The summed E-state index contributed by atoms with van der Waals surface area (Å²) in [6.07, 6.45) is 5.13. The number of carboxylic acids is 1. The van der Waals surface area contributed by atoms with Crippen molar-refractivity contribution in [2.75, 3.05) is 19.7 Å². The number of thioether (sulfide) groups is 1. The number of aliphatic carboxylic acids is 1. The number of hydrogen-bond acceptors (Lipinski definition) is 5. The predicted molar refractivity (Wildman–Crippen MR) is 121 cm³/mol. The van der Waals surface area contributed by atoms with Crippen LogP contribution in [0.1, 0.15) is 59.8 Å². The zero-order valence-electron chi connectivity index (χ0n) is 19.1. The van der Waals surface area contributed by atoms with Crippen molar-refractivity contribution in [3.8, 4) is 0 Å². The molecule has 0 saturated carbocycles. The molecule has 1 spiro atoms. The summed E-state index contributed by atoms with van der Waals surface area (Å²) >= 11 is 1.57. The van der Waals surface area contributed by atoms with E-state index in [4.69, 9.17) is 5.11 Å². The number of hydrogen-bond donors (Lipinski definition) is 2. The molecule has 3 saturated heterocycles. The molecule has 7 nitrogen and oxygen atoms in total. The number of unbranched alkanes of at least 4 members (excludes halogenated alkanes) is 2. The maximum absolute atomic E-state index is 14.0. The van der Waals surface area contributed by atoms with E-state index in [2.05, 4.69) is 6.58 Å². The monoisotopic (exact) mass is 452 g/mol. The van der Waals surface area contributed by atoms with Crippen LogP contribution in [0.25, 0.3) is 0 Å². The highest BCUT2D eigenvalue weighted by molar-refractivity contribution is 8.02. The summed E-state index contributed by atoms with van der Waals surface area (Å²) in [6.45, 7) is 12.5. The van der Waals surface area contributed by atoms with Gasteiger partial charge in [-0.05, 0) is 59.8 Å². The molecule has 8 heteroatoms. The van der Waals surface area contributed by atoms with E-state index in [0.29, 0.717) is 38.8 Å². The van der Waals surface area contributed by atoms with Gasteiger partial charge in [0.2, 0.25) is 11.8 Å². The molecule has 3 aliphatic rings. The molecule has 0 radical (unpaired) electrons. The van der Waals surface area contributed by atoms with Crippen molar-refractivity contribution in [2.24, 2.45) is 11.8 Å². The fraction of sp³-hybridized carbons (Fsp3) is 0.783. The average Bonchev–Trinajstić information content (AvgIpc) is 3.23. The summed E-state index contributed by atoms with van der Waals surface area (Å²) in [7, 11) is 0. The highest BCUT2D eigenvalue weighted by Crippen LogP contribution is 2.71. The molecule has 31 heavy (non-hydrogen) atoms. The molecular weight excluding hydrogens is 416 g/mol. The van der Waals surface area contributed by atoms with Crippen LogP contribution >= 0.6 is 11.8 Å². The largest absolute Gasteiger partial charge is 0.481 e. The third-order valence-electron chi connectivity index (χ3n) is 7.22. The van der Waals surface area contributed by atoms with Crippen LogP contribution in [0.5, 0.6) is 0 Å². The summed E-state index contributed by atoms with van der Waals surface area (Å²) in [5.74, 6) is -2.71. The summed E-state index contributed by atoms with van der Waals surface area (Å²) in [5.41, 5.74) is -0.455. The lowest BCUT2D eigenvalue weighted by molar-refractivity contribution is -0.150.